The molecule has 0 aliphatic heterocycles. The summed E-state index contributed by atoms with van der Waals surface area (Å²) in [6.45, 7) is 5.73. The summed E-state index contributed by atoms with van der Waals surface area (Å²) in [4.78, 5) is 24.7. The average Bonchev–Trinajstić information content (AvgIpc) is 2.88. The molecule has 8 nitrogen and oxygen atoms in total. The molecule has 3 aromatic carbocycles. The first-order valence-corrected chi connectivity index (χ1v) is 12.6. The van der Waals surface area contributed by atoms with Gasteiger partial charge in [0.15, 0.2) is 18.1 Å². The number of hydrazone groups is 1. The van der Waals surface area contributed by atoms with E-state index in [1.54, 1.807) is 36.4 Å². The van der Waals surface area contributed by atoms with Crippen LogP contribution in [-0.4, -0.2) is 38.4 Å². The Balaban J connectivity index is 1.58. The van der Waals surface area contributed by atoms with E-state index >= 15 is 0 Å². The van der Waals surface area contributed by atoms with Gasteiger partial charge >= 0.3 is 0 Å². The normalized spacial score (nSPS) is 10.6. The lowest BCUT2D eigenvalue weighted by Crippen LogP contribution is -2.20. The van der Waals surface area contributed by atoms with Crippen molar-refractivity contribution in [3.63, 3.8) is 0 Å². The number of carbonyl (C=O) groups is 2. The second kappa shape index (κ2) is 13.6. The van der Waals surface area contributed by atoms with Crippen molar-refractivity contribution in [1.82, 2.24) is 5.43 Å². The predicted molar refractivity (Wildman–Crippen MR) is 151 cm³/mol. The van der Waals surface area contributed by atoms with Gasteiger partial charge in [-0.2, -0.15) is 5.10 Å². The molecule has 10 heteroatoms. The van der Waals surface area contributed by atoms with E-state index in [1.807, 2.05) is 31.2 Å². The van der Waals surface area contributed by atoms with E-state index in [-0.39, 0.29) is 12.5 Å². The van der Waals surface area contributed by atoms with E-state index in [2.05, 4.69) is 54.3 Å². The lowest BCUT2D eigenvalue weighted by Gasteiger charge is -2.12. The molecule has 0 heterocycles. The fourth-order valence-electron chi connectivity index (χ4n) is 3.07. The summed E-state index contributed by atoms with van der Waals surface area (Å²) in [5.74, 6) is 0.697. The van der Waals surface area contributed by atoms with E-state index in [9.17, 15) is 9.59 Å². The van der Waals surface area contributed by atoms with Gasteiger partial charge in [0.2, 0.25) is 0 Å². The van der Waals surface area contributed by atoms with Crippen LogP contribution in [0.1, 0.15) is 21.5 Å². The zero-order valence-electron chi connectivity index (χ0n) is 20.2. The molecule has 0 bridgehead atoms. The molecule has 0 atom stereocenters. The Kier molecular flexibility index (Phi) is 10.3. The van der Waals surface area contributed by atoms with Crippen LogP contribution in [0.2, 0.25) is 0 Å². The zero-order chi connectivity index (χ0) is 26.8. The number of anilines is 1. The number of nitrogens with zero attached hydrogens (tertiary/aromatic N) is 1. The number of nitrogens with one attached hydrogen (secondary N) is 2. The van der Waals surface area contributed by atoms with Crippen LogP contribution in [0.4, 0.5) is 5.69 Å². The molecule has 0 aliphatic rings. The molecule has 192 valence electrons. The summed E-state index contributed by atoms with van der Waals surface area (Å²) in [5, 5.41) is 6.81. The first kappa shape index (κ1) is 27.9. The Morgan fingerprint density at radius 1 is 1.00 bits per heavy atom. The molecule has 0 saturated heterocycles. The van der Waals surface area contributed by atoms with E-state index in [1.165, 1.54) is 13.3 Å². The second-order valence-corrected chi connectivity index (χ2v) is 9.39. The zero-order valence-corrected chi connectivity index (χ0v) is 23.4. The van der Waals surface area contributed by atoms with Crippen LogP contribution < -0.4 is 25.0 Å². The Bertz CT molecular complexity index is 1290. The first-order chi connectivity index (χ1) is 17.8. The third-order valence-corrected chi connectivity index (χ3v) is 6.04. The standard InChI is InChI=1S/C27H25Br2N3O5/c1-4-11-36-23-10-7-19(14-24(23)35-3)27(34)32-30-15-18-12-21(28)26(22(29)13-18)37-16-25(33)31-20-8-5-17(2)6-9-20/h4-10,12-15H,1,11,16H2,2-3H3,(H,31,33)(H,32,34)/b30-15+. The molecule has 0 unspecified atom stereocenters. The number of hydrogen-bond donors (Lipinski definition) is 2. The highest BCUT2D eigenvalue weighted by Gasteiger charge is 2.13. The van der Waals surface area contributed by atoms with Crippen molar-refractivity contribution in [2.24, 2.45) is 5.10 Å². The van der Waals surface area contributed by atoms with Crippen LogP contribution in [-0.2, 0) is 4.79 Å². The van der Waals surface area contributed by atoms with E-state index in [4.69, 9.17) is 14.2 Å². The molecule has 3 aromatic rings. The number of aryl methyl sites for hydroxylation is 1. The largest absolute Gasteiger partial charge is 0.493 e. The molecule has 2 amide bonds. The average molecular weight is 631 g/mol. The number of benzene rings is 3. The Hall–Kier alpha value is -3.63. The molecular weight excluding hydrogens is 606 g/mol. The molecular formula is C27H25Br2N3O5. The molecule has 0 saturated carbocycles. The van der Waals surface area contributed by atoms with E-state index in [0.29, 0.717) is 49.6 Å². The van der Waals surface area contributed by atoms with E-state index < -0.39 is 5.91 Å². The maximum absolute atomic E-state index is 12.5. The van der Waals surface area contributed by atoms with Crippen molar-refractivity contribution in [3.8, 4) is 17.2 Å². The van der Waals surface area contributed by atoms with Crippen molar-refractivity contribution < 1.29 is 23.8 Å². The monoisotopic (exact) mass is 629 g/mol. The van der Waals surface area contributed by atoms with Gasteiger partial charge in [-0.15, -0.1) is 0 Å². The van der Waals surface area contributed by atoms with Gasteiger partial charge in [-0.25, -0.2) is 5.43 Å². The number of hydrogen-bond acceptors (Lipinski definition) is 6. The van der Waals surface area contributed by atoms with Crippen molar-refractivity contribution in [1.29, 1.82) is 0 Å². The highest BCUT2D eigenvalue weighted by Crippen LogP contribution is 2.34. The summed E-state index contributed by atoms with van der Waals surface area (Å²) in [6.07, 6.45) is 3.10. The fourth-order valence-corrected chi connectivity index (χ4v) is 4.52. The van der Waals surface area contributed by atoms with Crippen molar-refractivity contribution in [2.75, 3.05) is 25.6 Å². The summed E-state index contributed by atoms with van der Waals surface area (Å²) >= 11 is 6.91. The molecule has 0 radical (unpaired) electrons. The summed E-state index contributed by atoms with van der Waals surface area (Å²) in [7, 11) is 1.50. The van der Waals surface area contributed by atoms with Gasteiger partial charge < -0.3 is 19.5 Å². The summed E-state index contributed by atoms with van der Waals surface area (Å²) in [6, 6.07) is 15.8. The topological polar surface area (TPSA) is 98.3 Å². The minimum atomic E-state index is -0.414. The number of carbonyl (C=O) groups excluding carboxylic acids is 2. The van der Waals surface area contributed by atoms with Gasteiger partial charge in [0, 0.05) is 11.3 Å². The highest BCUT2D eigenvalue weighted by atomic mass is 79.9. The Morgan fingerprint density at radius 3 is 2.35 bits per heavy atom. The maximum Gasteiger partial charge on any atom is 0.271 e. The third-order valence-electron chi connectivity index (χ3n) is 4.87. The lowest BCUT2D eigenvalue weighted by molar-refractivity contribution is -0.118. The molecule has 37 heavy (non-hydrogen) atoms. The van der Waals surface area contributed by atoms with Gasteiger partial charge in [-0.1, -0.05) is 30.4 Å². The first-order valence-electron chi connectivity index (χ1n) is 11.0. The Morgan fingerprint density at radius 2 is 1.70 bits per heavy atom. The molecule has 3 rings (SSSR count). The van der Waals surface area contributed by atoms with Crippen LogP contribution in [0.3, 0.4) is 0 Å². The molecule has 0 fully saturated rings. The van der Waals surface area contributed by atoms with Crippen molar-refractivity contribution >= 4 is 55.6 Å². The fraction of sp³-hybridized carbons (Fsp3) is 0.148. The van der Waals surface area contributed by atoms with Gasteiger partial charge in [-0.3, -0.25) is 9.59 Å². The number of methoxy groups -OCH3 is 1. The van der Waals surface area contributed by atoms with Gasteiger partial charge in [0.1, 0.15) is 12.4 Å². The quantitative estimate of drug-likeness (QED) is 0.157. The van der Waals surface area contributed by atoms with Crippen molar-refractivity contribution in [3.05, 3.63) is 92.9 Å². The highest BCUT2D eigenvalue weighted by molar-refractivity contribution is 9.11. The molecule has 2 N–H and O–H groups in total. The second-order valence-electron chi connectivity index (χ2n) is 7.68. The molecule has 0 spiro atoms. The summed E-state index contributed by atoms with van der Waals surface area (Å²) < 4.78 is 17.7. The van der Waals surface area contributed by atoms with Gasteiger partial charge in [0.25, 0.3) is 11.8 Å². The van der Waals surface area contributed by atoms with Crippen LogP contribution in [0.25, 0.3) is 0 Å². The minimum absolute atomic E-state index is 0.171. The SMILES string of the molecule is C=CCOc1ccc(C(=O)N/N=C/c2cc(Br)c(OCC(=O)Nc3ccc(C)cc3)c(Br)c2)cc1OC. The summed E-state index contributed by atoms with van der Waals surface area (Å²) in [5.41, 5.74) is 5.32. The Labute approximate surface area is 232 Å². The number of amides is 2. The van der Waals surface area contributed by atoms with Gasteiger partial charge in [-0.05, 0) is 86.8 Å². The minimum Gasteiger partial charge on any atom is -0.493 e. The van der Waals surface area contributed by atoms with Crippen LogP contribution in [0, 0.1) is 6.92 Å². The van der Waals surface area contributed by atoms with Crippen LogP contribution in [0.15, 0.2) is 81.3 Å². The number of rotatable bonds is 11. The predicted octanol–water partition coefficient (Wildman–Crippen LogP) is 5.87. The molecule has 0 aromatic heterocycles. The number of ether oxygens (including phenoxy) is 3. The number of halogens is 2. The van der Waals surface area contributed by atoms with E-state index in [0.717, 1.165) is 5.56 Å². The van der Waals surface area contributed by atoms with Gasteiger partial charge in [0.05, 0.1) is 22.3 Å². The van der Waals surface area contributed by atoms with Crippen LogP contribution >= 0.6 is 31.9 Å². The maximum atomic E-state index is 12.5. The lowest BCUT2D eigenvalue weighted by atomic mass is 10.2. The molecule has 0 aliphatic carbocycles. The third kappa shape index (κ3) is 8.19. The van der Waals surface area contributed by atoms with Crippen LogP contribution in [0.5, 0.6) is 17.2 Å². The van der Waals surface area contributed by atoms with Crippen molar-refractivity contribution in [2.45, 2.75) is 6.92 Å². The smallest absolute Gasteiger partial charge is 0.271 e.